The number of nitrogens with zero attached hydrogens (tertiary/aromatic N) is 1. The first-order valence-electron chi connectivity index (χ1n) is 7.35. The van der Waals surface area contributed by atoms with Gasteiger partial charge in [-0.3, -0.25) is 4.79 Å². The molecular formula is C16H25N3O. The van der Waals surface area contributed by atoms with E-state index >= 15 is 0 Å². The van der Waals surface area contributed by atoms with E-state index in [-0.39, 0.29) is 5.91 Å². The fraction of sp³-hybridized carbons (Fsp3) is 0.562. The quantitative estimate of drug-likeness (QED) is 0.862. The highest BCUT2D eigenvalue weighted by molar-refractivity contribution is 5.85. The first-order valence-corrected chi connectivity index (χ1v) is 7.35. The molecule has 4 nitrogen and oxygen atoms in total. The maximum absolute atomic E-state index is 11.8. The number of primary amides is 1. The lowest BCUT2D eigenvalue weighted by atomic mass is 9.96. The SMILES string of the molecule is CCN(c1ccccc1C)C1CCC(NC)(C(N)=O)C1. The highest BCUT2D eigenvalue weighted by Gasteiger charge is 2.44. The standard InChI is InChI=1S/C16H25N3O/c1-4-19(14-8-6-5-7-12(14)2)13-9-10-16(11-13,18-3)15(17)20/h5-8,13,18H,4,9-11H2,1-3H3,(H2,17,20). The van der Waals surface area contributed by atoms with Gasteiger partial charge in [0.15, 0.2) is 0 Å². The number of anilines is 1. The van der Waals surface area contributed by atoms with Gasteiger partial charge in [0, 0.05) is 18.3 Å². The molecule has 1 aromatic rings. The molecule has 0 aromatic heterocycles. The molecule has 0 heterocycles. The molecule has 1 aliphatic carbocycles. The van der Waals surface area contributed by atoms with Crippen LogP contribution in [0.2, 0.25) is 0 Å². The molecule has 2 unspecified atom stereocenters. The molecule has 20 heavy (non-hydrogen) atoms. The minimum absolute atomic E-state index is 0.233. The number of aryl methyl sites for hydroxylation is 1. The zero-order chi connectivity index (χ0) is 14.8. The van der Waals surface area contributed by atoms with Gasteiger partial charge in [0.1, 0.15) is 0 Å². The number of carbonyl (C=O) groups excluding carboxylic acids is 1. The molecule has 1 saturated carbocycles. The van der Waals surface area contributed by atoms with Crippen LogP contribution in [0.3, 0.4) is 0 Å². The Morgan fingerprint density at radius 3 is 2.70 bits per heavy atom. The monoisotopic (exact) mass is 275 g/mol. The van der Waals surface area contributed by atoms with Gasteiger partial charge in [-0.15, -0.1) is 0 Å². The van der Waals surface area contributed by atoms with E-state index < -0.39 is 5.54 Å². The van der Waals surface area contributed by atoms with Crippen molar-refractivity contribution in [2.45, 2.75) is 44.7 Å². The van der Waals surface area contributed by atoms with Crippen LogP contribution in [-0.4, -0.2) is 31.1 Å². The van der Waals surface area contributed by atoms with Gasteiger partial charge in [0.25, 0.3) is 0 Å². The molecule has 0 spiro atoms. The summed E-state index contributed by atoms with van der Waals surface area (Å²) in [5.41, 5.74) is 7.59. The molecule has 0 aliphatic heterocycles. The van der Waals surface area contributed by atoms with Crippen molar-refractivity contribution in [2.24, 2.45) is 5.73 Å². The largest absolute Gasteiger partial charge is 0.369 e. The van der Waals surface area contributed by atoms with E-state index in [1.165, 1.54) is 11.3 Å². The summed E-state index contributed by atoms with van der Waals surface area (Å²) in [4.78, 5) is 14.2. The number of carbonyl (C=O) groups is 1. The minimum atomic E-state index is -0.541. The molecule has 1 aromatic carbocycles. The molecule has 1 amide bonds. The summed E-state index contributed by atoms with van der Waals surface area (Å²) in [5.74, 6) is -0.233. The number of nitrogens with two attached hydrogens (primary N) is 1. The Hall–Kier alpha value is -1.55. The fourth-order valence-electron chi connectivity index (χ4n) is 3.37. The summed E-state index contributed by atoms with van der Waals surface area (Å²) in [5, 5.41) is 3.15. The normalized spacial score (nSPS) is 25.6. The lowest BCUT2D eigenvalue weighted by molar-refractivity contribution is -0.124. The van der Waals surface area contributed by atoms with Crippen molar-refractivity contribution in [1.82, 2.24) is 5.32 Å². The summed E-state index contributed by atoms with van der Waals surface area (Å²) in [7, 11) is 1.83. The third kappa shape index (κ3) is 2.52. The lowest BCUT2D eigenvalue weighted by Gasteiger charge is -2.33. The van der Waals surface area contributed by atoms with Gasteiger partial charge in [-0.2, -0.15) is 0 Å². The number of hydrogen-bond donors (Lipinski definition) is 2. The van der Waals surface area contributed by atoms with Gasteiger partial charge in [0.05, 0.1) is 5.54 Å². The first-order chi connectivity index (χ1) is 9.54. The van der Waals surface area contributed by atoms with Crippen molar-refractivity contribution in [3.63, 3.8) is 0 Å². The van der Waals surface area contributed by atoms with Crippen LogP contribution in [0.5, 0.6) is 0 Å². The van der Waals surface area contributed by atoms with E-state index in [1.807, 2.05) is 7.05 Å². The summed E-state index contributed by atoms with van der Waals surface area (Å²) in [6, 6.07) is 8.78. The van der Waals surface area contributed by atoms with Crippen molar-refractivity contribution in [3.8, 4) is 0 Å². The van der Waals surface area contributed by atoms with Gasteiger partial charge >= 0.3 is 0 Å². The molecule has 2 rings (SSSR count). The zero-order valence-corrected chi connectivity index (χ0v) is 12.6. The van der Waals surface area contributed by atoms with Gasteiger partial charge in [0.2, 0.25) is 5.91 Å². The Balaban J connectivity index is 2.23. The van der Waals surface area contributed by atoms with Gasteiger partial charge < -0.3 is 16.0 Å². The summed E-state index contributed by atoms with van der Waals surface area (Å²) >= 11 is 0. The van der Waals surface area contributed by atoms with Crippen molar-refractivity contribution in [3.05, 3.63) is 29.8 Å². The lowest BCUT2D eigenvalue weighted by Crippen LogP contribution is -2.53. The highest BCUT2D eigenvalue weighted by atomic mass is 16.1. The smallest absolute Gasteiger partial charge is 0.237 e. The maximum Gasteiger partial charge on any atom is 0.237 e. The van der Waals surface area contributed by atoms with E-state index in [1.54, 1.807) is 0 Å². The molecule has 1 fully saturated rings. The number of para-hydroxylation sites is 1. The Morgan fingerprint density at radius 1 is 1.50 bits per heavy atom. The molecule has 0 radical (unpaired) electrons. The third-order valence-electron chi connectivity index (χ3n) is 4.64. The second kappa shape index (κ2) is 5.83. The fourth-order valence-corrected chi connectivity index (χ4v) is 3.37. The first kappa shape index (κ1) is 14.9. The maximum atomic E-state index is 11.8. The summed E-state index contributed by atoms with van der Waals surface area (Å²) in [6.07, 6.45) is 2.58. The Kier molecular flexibility index (Phi) is 4.33. The van der Waals surface area contributed by atoms with Crippen molar-refractivity contribution in [1.29, 1.82) is 0 Å². The number of likely N-dealkylation sites (N-methyl/N-ethyl adjacent to an activating group) is 1. The van der Waals surface area contributed by atoms with Crippen LogP contribution in [0.25, 0.3) is 0 Å². The molecule has 1 aliphatic rings. The predicted octanol–water partition coefficient (Wildman–Crippen LogP) is 1.82. The van der Waals surface area contributed by atoms with E-state index in [4.69, 9.17) is 5.73 Å². The highest BCUT2D eigenvalue weighted by Crippen LogP contribution is 2.35. The molecule has 0 saturated heterocycles. The van der Waals surface area contributed by atoms with Crippen LogP contribution in [0.1, 0.15) is 31.7 Å². The van der Waals surface area contributed by atoms with E-state index in [9.17, 15) is 4.79 Å². The van der Waals surface area contributed by atoms with E-state index in [0.29, 0.717) is 6.04 Å². The number of benzene rings is 1. The number of rotatable bonds is 5. The van der Waals surface area contributed by atoms with Crippen molar-refractivity contribution < 1.29 is 4.79 Å². The van der Waals surface area contributed by atoms with Crippen LogP contribution >= 0.6 is 0 Å². The van der Waals surface area contributed by atoms with Crippen molar-refractivity contribution >= 4 is 11.6 Å². The van der Waals surface area contributed by atoms with Gasteiger partial charge in [-0.25, -0.2) is 0 Å². The second-order valence-electron chi connectivity index (χ2n) is 5.67. The Labute approximate surface area is 121 Å². The van der Waals surface area contributed by atoms with Crippen LogP contribution in [0.4, 0.5) is 5.69 Å². The molecule has 3 N–H and O–H groups in total. The second-order valence-corrected chi connectivity index (χ2v) is 5.67. The average molecular weight is 275 g/mol. The number of hydrogen-bond acceptors (Lipinski definition) is 3. The molecule has 0 bridgehead atoms. The third-order valence-corrected chi connectivity index (χ3v) is 4.64. The zero-order valence-electron chi connectivity index (χ0n) is 12.6. The number of amides is 1. The van der Waals surface area contributed by atoms with Gasteiger partial charge in [-0.05, 0) is 51.8 Å². The Bertz CT molecular complexity index is 488. The van der Waals surface area contributed by atoms with Crippen LogP contribution in [0, 0.1) is 6.92 Å². The van der Waals surface area contributed by atoms with Crippen LogP contribution in [-0.2, 0) is 4.79 Å². The summed E-state index contributed by atoms with van der Waals surface area (Å²) < 4.78 is 0. The van der Waals surface area contributed by atoms with Crippen LogP contribution < -0.4 is 16.0 Å². The molecule has 110 valence electrons. The number of nitrogens with one attached hydrogen (secondary N) is 1. The Morgan fingerprint density at radius 2 is 2.20 bits per heavy atom. The average Bonchev–Trinajstić information content (AvgIpc) is 2.87. The van der Waals surface area contributed by atoms with Gasteiger partial charge in [-0.1, -0.05) is 18.2 Å². The summed E-state index contributed by atoms with van der Waals surface area (Å²) in [6.45, 7) is 5.23. The topological polar surface area (TPSA) is 58.4 Å². The van der Waals surface area contributed by atoms with E-state index in [2.05, 4.69) is 48.3 Å². The molecule has 4 heteroatoms. The minimum Gasteiger partial charge on any atom is -0.369 e. The predicted molar refractivity (Wildman–Crippen MR) is 82.8 cm³/mol. The molecular weight excluding hydrogens is 250 g/mol. The molecule has 2 atom stereocenters. The van der Waals surface area contributed by atoms with E-state index in [0.717, 1.165) is 25.8 Å². The van der Waals surface area contributed by atoms with Crippen molar-refractivity contribution in [2.75, 3.05) is 18.5 Å². The van der Waals surface area contributed by atoms with Crippen LogP contribution in [0.15, 0.2) is 24.3 Å².